The lowest BCUT2D eigenvalue weighted by Crippen LogP contribution is -2.45. The minimum absolute atomic E-state index is 0.00748. The summed E-state index contributed by atoms with van der Waals surface area (Å²) in [5, 5.41) is 26.8. The van der Waals surface area contributed by atoms with Crippen LogP contribution < -0.4 is 43.4 Å². The monoisotopic (exact) mass is 1020 g/mol. The number of primary amides is 2. The second-order valence-corrected chi connectivity index (χ2v) is 16.3. The molecule has 0 aliphatic rings. The van der Waals surface area contributed by atoms with Crippen molar-refractivity contribution in [2.45, 2.75) is 73.0 Å². The molecule has 11 N–H and O–H groups in total. The van der Waals surface area contributed by atoms with Gasteiger partial charge in [-0.2, -0.15) is 9.97 Å². The molecule has 0 spiro atoms. The van der Waals surface area contributed by atoms with Gasteiger partial charge in [0, 0.05) is 66.4 Å². The third-order valence-corrected chi connectivity index (χ3v) is 9.34. The Kier molecular flexibility index (Phi) is 25.4. The van der Waals surface area contributed by atoms with Crippen LogP contribution in [0.25, 0.3) is 0 Å². The number of hydrogen-bond donors (Lipinski definition) is 9. The molecule has 0 aliphatic carbocycles. The Morgan fingerprint density at radius 3 is 1.61 bits per heavy atom. The minimum atomic E-state index is -1.10. The summed E-state index contributed by atoms with van der Waals surface area (Å²) >= 11 is 0. The van der Waals surface area contributed by atoms with Gasteiger partial charge in [-0.25, -0.2) is 19.6 Å². The number of carboxylic acid groups (broad SMARTS) is 1. The molecular weight excluding hydrogens is 959 g/mol. The summed E-state index contributed by atoms with van der Waals surface area (Å²) in [6, 6.07) is 18.8. The van der Waals surface area contributed by atoms with Crippen LogP contribution in [0.15, 0.2) is 85.2 Å². The van der Waals surface area contributed by atoms with E-state index in [0.29, 0.717) is 52.8 Å². The van der Waals surface area contributed by atoms with Gasteiger partial charge < -0.3 is 53.2 Å². The van der Waals surface area contributed by atoms with E-state index in [0.717, 1.165) is 12.8 Å². The molecule has 5 amide bonds. The van der Waals surface area contributed by atoms with Crippen molar-refractivity contribution in [3.63, 3.8) is 0 Å². The number of nitrogens with two attached hydrogens (primary N) is 2. The van der Waals surface area contributed by atoms with Gasteiger partial charge in [-0.05, 0) is 138 Å². The van der Waals surface area contributed by atoms with Crippen LogP contribution in [0, 0.1) is 48.9 Å². The first-order chi connectivity index (χ1) is 35.7. The Hall–Kier alpha value is -10.1. The van der Waals surface area contributed by atoms with Crippen LogP contribution in [0.4, 0.5) is 51.1 Å². The summed E-state index contributed by atoms with van der Waals surface area (Å²) in [4.78, 5) is 90.1. The van der Waals surface area contributed by atoms with Crippen molar-refractivity contribution in [2.75, 3.05) is 52.0 Å². The van der Waals surface area contributed by atoms with Gasteiger partial charge in [0.1, 0.15) is 34.4 Å². The molecule has 0 bridgehead atoms. The number of likely N-dealkylation sites (N-methyl/N-ethyl adjacent to an activating group) is 1. The van der Waals surface area contributed by atoms with Gasteiger partial charge in [-0.1, -0.05) is 25.8 Å². The van der Waals surface area contributed by atoms with Crippen molar-refractivity contribution in [2.24, 2.45) is 11.5 Å². The summed E-state index contributed by atoms with van der Waals surface area (Å²) in [5.74, 6) is 10.1. The summed E-state index contributed by atoms with van der Waals surface area (Å²) in [6.45, 7) is 13.7. The molecule has 1 atom stereocenters. The number of carbonyl (C=O) groups excluding carboxylic acids is 5. The molecule has 0 unspecified atom stereocenters. The molecule has 0 saturated heterocycles. The number of benzene rings is 3. The normalized spacial score (nSPS) is 10.1. The number of amides is 5. The fraction of sp³-hybridized carbons (Fsp3) is 0.259. The maximum absolute atomic E-state index is 13.2. The molecule has 3 aromatic carbocycles. The molecule has 0 saturated carbocycles. The number of carboxylic acids is 1. The largest absolute Gasteiger partial charge is 0.477 e. The van der Waals surface area contributed by atoms with Gasteiger partial charge >= 0.3 is 12.1 Å². The summed E-state index contributed by atoms with van der Waals surface area (Å²) in [6.07, 6.45) is 16.4. The van der Waals surface area contributed by atoms with E-state index in [9.17, 15) is 28.8 Å². The minimum Gasteiger partial charge on any atom is -0.477 e. The van der Waals surface area contributed by atoms with Gasteiger partial charge in [0.05, 0.1) is 0 Å². The smallest absolute Gasteiger partial charge is 0.410 e. The van der Waals surface area contributed by atoms with E-state index in [2.05, 4.69) is 94.3 Å². The van der Waals surface area contributed by atoms with Crippen LogP contribution >= 0.6 is 0 Å². The van der Waals surface area contributed by atoms with Crippen molar-refractivity contribution >= 4 is 82.0 Å². The second-order valence-electron chi connectivity index (χ2n) is 16.3. The highest BCUT2D eigenvalue weighted by Gasteiger charge is 2.27. The van der Waals surface area contributed by atoms with Gasteiger partial charge in [0.25, 0.3) is 5.91 Å². The molecule has 2 aromatic heterocycles. The molecule has 0 aliphatic heterocycles. The van der Waals surface area contributed by atoms with Crippen molar-refractivity contribution in [3.8, 4) is 48.9 Å². The number of carbonyl (C=O) groups is 6. The molecule has 2 heterocycles. The molecule has 390 valence electrons. The topological polar surface area (TPSA) is 311 Å². The van der Waals surface area contributed by atoms with Crippen LogP contribution in [-0.4, -0.2) is 97.4 Å². The van der Waals surface area contributed by atoms with E-state index < -0.39 is 47.3 Å². The highest BCUT2D eigenvalue weighted by Crippen LogP contribution is 2.23. The Morgan fingerprint density at radius 2 is 1.19 bits per heavy atom. The fourth-order valence-corrected chi connectivity index (χ4v) is 5.57. The van der Waals surface area contributed by atoms with E-state index in [1.54, 1.807) is 107 Å². The quantitative estimate of drug-likeness (QED) is 0.0388. The number of anilines is 8. The molecular formula is C54H61N13O8. The molecule has 21 heteroatoms. The van der Waals surface area contributed by atoms with Gasteiger partial charge in [0.2, 0.25) is 29.6 Å². The van der Waals surface area contributed by atoms with Crippen LogP contribution in [0.5, 0.6) is 0 Å². The first-order valence-corrected chi connectivity index (χ1v) is 22.9. The second kappa shape index (κ2) is 31.3. The first kappa shape index (κ1) is 61.0. The summed E-state index contributed by atoms with van der Waals surface area (Å²) in [5.41, 5.74) is 12.9. The maximum atomic E-state index is 13.2. The zero-order valence-corrected chi connectivity index (χ0v) is 42.9. The average molecular weight is 1020 g/mol. The van der Waals surface area contributed by atoms with Crippen LogP contribution in [-0.2, 0) is 9.53 Å². The summed E-state index contributed by atoms with van der Waals surface area (Å²) < 4.78 is 5.33. The number of aromatic nitrogens is 4. The van der Waals surface area contributed by atoms with E-state index in [-0.39, 0.29) is 28.8 Å². The van der Waals surface area contributed by atoms with E-state index in [1.165, 1.54) is 24.3 Å². The highest BCUT2D eigenvalue weighted by atomic mass is 16.6. The first-order valence-electron chi connectivity index (χ1n) is 22.9. The fourth-order valence-electron chi connectivity index (χ4n) is 5.57. The van der Waals surface area contributed by atoms with Gasteiger partial charge in [-0.15, -0.1) is 19.3 Å². The molecule has 5 aromatic rings. The van der Waals surface area contributed by atoms with Crippen LogP contribution in [0.2, 0.25) is 0 Å². The SMILES string of the molecule is C#C.C#CC#CC#CC.CCCNc1nc(Nc2ccc(C(N)=O)cc2)ncc1C(=O)Nc1cccc(NC(=O)[C@H](C)N(C)C(=O)OC(C)(C)C)c1.CCCNc1nc(Nc2ccc(C(N)=O)cc2)ncc1C(=O)O. The Morgan fingerprint density at radius 1 is 0.720 bits per heavy atom. The van der Waals surface area contributed by atoms with Crippen LogP contribution in [0.3, 0.4) is 0 Å². The van der Waals surface area contributed by atoms with Crippen LogP contribution in [0.1, 0.15) is 103 Å². The third kappa shape index (κ3) is 21.4. The number of nitrogens with zero attached hydrogens (tertiary/aromatic N) is 5. The number of rotatable bonds is 18. The Labute approximate surface area is 436 Å². The lowest BCUT2D eigenvalue weighted by atomic mass is 10.2. The predicted molar refractivity (Wildman–Crippen MR) is 292 cm³/mol. The molecule has 5 rings (SSSR count). The molecule has 0 radical (unpaired) electrons. The lowest BCUT2D eigenvalue weighted by Gasteiger charge is -2.28. The zero-order valence-electron chi connectivity index (χ0n) is 42.9. The molecule has 75 heavy (non-hydrogen) atoms. The number of ether oxygens (including phenoxy) is 1. The Bertz CT molecular complexity index is 2960. The summed E-state index contributed by atoms with van der Waals surface area (Å²) in [7, 11) is 1.49. The molecule has 0 fully saturated rings. The van der Waals surface area contributed by atoms with Gasteiger partial charge in [-0.3, -0.25) is 24.1 Å². The number of terminal acetylenes is 2. The van der Waals surface area contributed by atoms with Crippen molar-refractivity contribution < 1.29 is 38.6 Å². The van der Waals surface area contributed by atoms with Gasteiger partial charge in [0.15, 0.2) is 0 Å². The number of nitrogens with one attached hydrogen (secondary N) is 6. The van der Waals surface area contributed by atoms with E-state index >= 15 is 0 Å². The highest BCUT2D eigenvalue weighted by molar-refractivity contribution is 6.08. The van der Waals surface area contributed by atoms with E-state index in [1.807, 2.05) is 13.8 Å². The number of aromatic carboxylic acids is 1. The lowest BCUT2D eigenvalue weighted by molar-refractivity contribution is -0.120. The average Bonchev–Trinajstić information content (AvgIpc) is 3.38. The standard InChI is InChI=1S/C30H38N8O5.C15H17N5O3.C7H4.C2H2/c1-7-15-32-25-23(17-33-28(37-25)36-20-13-11-19(12-14-20)24(31)39)27(41)35-22-10-8-9-21(16-22)34-26(40)18(2)38(6)29(42)43-30(3,4)5;1-2-7-17-13-11(14(22)23)8-18-15(20-13)19-10-5-3-9(4-6-10)12(16)21;1-3-5-7-6-4-2;1-2/h8-14,16-18H,7,15H2,1-6H3,(H2,31,39)(H,34,40)(H,35,41)(H2,32,33,36,37);3-6,8H,2,7H2,1H3,(H2,16,21)(H,22,23)(H2,17,18,19,20);1H,2H3;1-2H/t18-;;;/m0.../s1. The third-order valence-electron chi connectivity index (χ3n) is 9.34. The predicted octanol–water partition coefficient (Wildman–Crippen LogP) is 7.32. The van der Waals surface area contributed by atoms with Crippen molar-refractivity contribution in [3.05, 3.63) is 107 Å². The maximum Gasteiger partial charge on any atom is 0.410 e. The Balaban J connectivity index is 0.000000499. The van der Waals surface area contributed by atoms with Crippen molar-refractivity contribution in [1.82, 2.24) is 24.8 Å². The zero-order chi connectivity index (χ0) is 56.1. The van der Waals surface area contributed by atoms with Crippen molar-refractivity contribution in [1.29, 1.82) is 0 Å². The van der Waals surface area contributed by atoms with E-state index in [4.69, 9.17) is 27.7 Å². The number of hydrogen-bond acceptors (Lipinski definition) is 15. The molecule has 21 nitrogen and oxygen atoms in total.